The largest absolute Gasteiger partial charge is 0.396 e. The zero-order valence-electron chi connectivity index (χ0n) is 11.5. The topological polar surface area (TPSA) is 83.7 Å². The molecule has 21 heavy (non-hydrogen) atoms. The molecule has 0 radical (unpaired) electrons. The van der Waals surface area contributed by atoms with Gasteiger partial charge in [-0.2, -0.15) is 0 Å². The third-order valence-electron chi connectivity index (χ3n) is 3.69. The predicted octanol–water partition coefficient (Wildman–Crippen LogP) is 2.63. The number of aliphatic hydroxyl groups excluding tert-OH is 1. The molecule has 0 bridgehead atoms. The van der Waals surface area contributed by atoms with Crippen molar-refractivity contribution in [3.05, 3.63) is 38.9 Å². The van der Waals surface area contributed by atoms with Gasteiger partial charge in [0.15, 0.2) is 0 Å². The van der Waals surface area contributed by atoms with Crippen LogP contribution in [0.15, 0.2) is 18.2 Å². The van der Waals surface area contributed by atoms with Crippen molar-refractivity contribution in [3.8, 4) is 0 Å². The molecule has 0 spiro atoms. The molecule has 1 aromatic carbocycles. The number of non-ortho nitro benzene ring substituents is 1. The number of hydrogen-bond donors (Lipinski definition) is 1. The third-order valence-corrected chi connectivity index (χ3v) is 3.91. The number of hydrogen-bond acceptors (Lipinski definition) is 4. The average Bonchev–Trinajstić information content (AvgIpc) is 2.47. The van der Waals surface area contributed by atoms with Crippen molar-refractivity contribution in [1.82, 2.24) is 4.90 Å². The molecule has 0 aliphatic carbocycles. The molecule has 1 N–H and O–H groups in total. The minimum absolute atomic E-state index is 0.0180. The molecule has 1 aliphatic heterocycles. The van der Waals surface area contributed by atoms with Crippen molar-refractivity contribution in [1.29, 1.82) is 0 Å². The second kappa shape index (κ2) is 6.87. The molecule has 1 aliphatic rings. The van der Waals surface area contributed by atoms with Crippen LogP contribution in [0.1, 0.15) is 36.0 Å². The van der Waals surface area contributed by atoms with Gasteiger partial charge in [-0.15, -0.1) is 0 Å². The van der Waals surface area contributed by atoms with Crippen LogP contribution in [0.5, 0.6) is 0 Å². The van der Waals surface area contributed by atoms with E-state index >= 15 is 0 Å². The van der Waals surface area contributed by atoms with Crippen LogP contribution < -0.4 is 0 Å². The molecular weight excluding hydrogens is 296 g/mol. The molecule has 1 amide bonds. The zero-order chi connectivity index (χ0) is 15.4. The van der Waals surface area contributed by atoms with E-state index in [1.165, 1.54) is 18.2 Å². The summed E-state index contributed by atoms with van der Waals surface area (Å²) in [6.07, 6.45) is 3.28. The molecule has 1 atom stereocenters. The van der Waals surface area contributed by atoms with E-state index in [1.807, 2.05) is 0 Å². The van der Waals surface area contributed by atoms with Gasteiger partial charge in [0.2, 0.25) is 0 Å². The zero-order valence-corrected chi connectivity index (χ0v) is 12.3. The van der Waals surface area contributed by atoms with E-state index in [0.29, 0.717) is 13.0 Å². The number of piperidine rings is 1. The van der Waals surface area contributed by atoms with E-state index in [4.69, 9.17) is 16.7 Å². The second-order valence-corrected chi connectivity index (χ2v) is 5.55. The quantitative estimate of drug-likeness (QED) is 0.684. The van der Waals surface area contributed by atoms with Crippen molar-refractivity contribution in [2.75, 3.05) is 13.2 Å². The van der Waals surface area contributed by atoms with Crippen LogP contribution in [0.2, 0.25) is 5.02 Å². The number of rotatable bonds is 4. The van der Waals surface area contributed by atoms with E-state index in [-0.39, 0.29) is 34.8 Å². The number of carbonyl (C=O) groups is 1. The molecule has 2 rings (SSSR count). The number of nitro groups is 1. The van der Waals surface area contributed by atoms with Crippen LogP contribution >= 0.6 is 11.6 Å². The van der Waals surface area contributed by atoms with Crippen LogP contribution in [-0.2, 0) is 0 Å². The van der Waals surface area contributed by atoms with Crippen LogP contribution in [0, 0.1) is 10.1 Å². The Morgan fingerprint density at radius 1 is 1.43 bits per heavy atom. The molecule has 7 heteroatoms. The van der Waals surface area contributed by atoms with E-state index < -0.39 is 4.92 Å². The van der Waals surface area contributed by atoms with E-state index in [2.05, 4.69) is 0 Å². The van der Waals surface area contributed by atoms with Crippen molar-refractivity contribution in [2.24, 2.45) is 0 Å². The number of halogens is 1. The monoisotopic (exact) mass is 312 g/mol. The summed E-state index contributed by atoms with van der Waals surface area (Å²) in [6.45, 7) is 0.619. The molecule has 114 valence electrons. The summed E-state index contributed by atoms with van der Waals surface area (Å²) in [5.41, 5.74) is 0.0283. The summed E-state index contributed by atoms with van der Waals surface area (Å²) < 4.78 is 0. The van der Waals surface area contributed by atoms with E-state index in [9.17, 15) is 14.9 Å². The lowest BCUT2D eigenvalue weighted by atomic mass is 9.98. The SMILES string of the molecule is O=C(c1cc(Cl)cc([N+](=O)[O-])c1)N1CCCCC1CCO. The first-order valence-corrected chi connectivity index (χ1v) is 7.27. The van der Waals surface area contributed by atoms with Crippen LogP contribution in [0.25, 0.3) is 0 Å². The number of amides is 1. The number of likely N-dealkylation sites (tertiary alicyclic amines) is 1. The minimum Gasteiger partial charge on any atom is -0.396 e. The summed E-state index contributed by atoms with van der Waals surface area (Å²) in [7, 11) is 0. The summed E-state index contributed by atoms with van der Waals surface area (Å²) >= 11 is 5.86. The van der Waals surface area contributed by atoms with Crippen molar-refractivity contribution < 1.29 is 14.8 Å². The highest BCUT2D eigenvalue weighted by molar-refractivity contribution is 6.31. The third kappa shape index (κ3) is 3.71. The first-order chi connectivity index (χ1) is 10.0. The van der Waals surface area contributed by atoms with E-state index in [0.717, 1.165) is 19.3 Å². The highest BCUT2D eigenvalue weighted by atomic mass is 35.5. The normalized spacial score (nSPS) is 18.6. The van der Waals surface area contributed by atoms with Crippen molar-refractivity contribution in [2.45, 2.75) is 31.7 Å². The fourth-order valence-corrected chi connectivity index (χ4v) is 2.92. The Hall–Kier alpha value is -1.66. The number of nitro benzene ring substituents is 1. The number of aliphatic hydroxyl groups is 1. The Morgan fingerprint density at radius 3 is 2.86 bits per heavy atom. The maximum absolute atomic E-state index is 12.6. The molecule has 1 fully saturated rings. The molecule has 1 saturated heterocycles. The van der Waals surface area contributed by atoms with Gasteiger partial charge in [0, 0.05) is 41.9 Å². The first kappa shape index (κ1) is 15.7. The maximum Gasteiger partial charge on any atom is 0.271 e. The van der Waals surface area contributed by atoms with Gasteiger partial charge in [-0.1, -0.05) is 11.6 Å². The Morgan fingerprint density at radius 2 is 2.19 bits per heavy atom. The number of nitrogens with zero attached hydrogens (tertiary/aromatic N) is 2. The van der Waals surface area contributed by atoms with E-state index in [1.54, 1.807) is 4.90 Å². The molecule has 1 aromatic rings. The maximum atomic E-state index is 12.6. The Labute approximate surface area is 127 Å². The van der Waals surface area contributed by atoms with Gasteiger partial charge in [-0.25, -0.2) is 0 Å². The smallest absolute Gasteiger partial charge is 0.271 e. The van der Waals surface area contributed by atoms with Gasteiger partial charge in [0.25, 0.3) is 11.6 Å². The summed E-state index contributed by atoms with van der Waals surface area (Å²) in [4.78, 5) is 24.6. The summed E-state index contributed by atoms with van der Waals surface area (Å²) in [5, 5.41) is 20.1. The average molecular weight is 313 g/mol. The first-order valence-electron chi connectivity index (χ1n) is 6.89. The molecular formula is C14H17ClN2O4. The number of benzene rings is 1. The number of carbonyl (C=O) groups excluding carboxylic acids is 1. The minimum atomic E-state index is -0.565. The second-order valence-electron chi connectivity index (χ2n) is 5.12. The lowest BCUT2D eigenvalue weighted by Crippen LogP contribution is -2.44. The van der Waals surface area contributed by atoms with Gasteiger partial charge >= 0.3 is 0 Å². The Bertz CT molecular complexity index is 548. The predicted molar refractivity (Wildman–Crippen MR) is 78.5 cm³/mol. The van der Waals surface area contributed by atoms with Crippen molar-refractivity contribution in [3.63, 3.8) is 0 Å². The van der Waals surface area contributed by atoms with Gasteiger partial charge in [-0.3, -0.25) is 14.9 Å². The van der Waals surface area contributed by atoms with Crippen LogP contribution in [0.4, 0.5) is 5.69 Å². The van der Waals surface area contributed by atoms with Crippen LogP contribution in [-0.4, -0.2) is 40.0 Å². The van der Waals surface area contributed by atoms with Gasteiger partial charge < -0.3 is 10.0 Å². The molecule has 1 unspecified atom stereocenters. The van der Waals surface area contributed by atoms with Gasteiger partial charge in [-0.05, 0) is 31.7 Å². The Kier molecular flexibility index (Phi) is 5.14. The van der Waals surface area contributed by atoms with Gasteiger partial charge in [0.05, 0.1) is 4.92 Å². The molecule has 1 heterocycles. The summed E-state index contributed by atoms with van der Waals surface area (Å²) in [6, 6.07) is 3.90. The molecule has 0 saturated carbocycles. The lowest BCUT2D eigenvalue weighted by Gasteiger charge is -2.35. The molecule has 6 nitrogen and oxygen atoms in total. The fraction of sp³-hybridized carbons (Fsp3) is 0.500. The summed E-state index contributed by atoms with van der Waals surface area (Å²) in [5.74, 6) is -0.265. The van der Waals surface area contributed by atoms with Crippen molar-refractivity contribution >= 4 is 23.2 Å². The lowest BCUT2D eigenvalue weighted by molar-refractivity contribution is -0.384. The van der Waals surface area contributed by atoms with Crippen LogP contribution in [0.3, 0.4) is 0 Å². The van der Waals surface area contributed by atoms with Gasteiger partial charge in [0.1, 0.15) is 0 Å². The fourth-order valence-electron chi connectivity index (χ4n) is 2.69. The standard InChI is InChI=1S/C14H17ClN2O4/c15-11-7-10(8-13(9-11)17(20)21)14(19)16-5-2-1-3-12(16)4-6-18/h7-9,12,18H,1-6H2. The molecule has 0 aromatic heterocycles. The highest BCUT2D eigenvalue weighted by Crippen LogP contribution is 2.25. The highest BCUT2D eigenvalue weighted by Gasteiger charge is 2.28. The Balaban J connectivity index is 2.27.